The topological polar surface area (TPSA) is 30.0 Å². The summed E-state index contributed by atoms with van der Waals surface area (Å²) in [6.07, 6.45) is 3.83. The van der Waals surface area contributed by atoms with Crippen molar-refractivity contribution in [3.63, 3.8) is 0 Å². The number of hydrogen-bond donors (Lipinski definition) is 0. The Balaban J connectivity index is 2.18. The zero-order valence-corrected chi connectivity index (χ0v) is 11.0. The van der Waals surface area contributed by atoms with Gasteiger partial charge in [0.2, 0.25) is 0 Å². The highest BCUT2D eigenvalue weighted by atomic mass is 16.1. The van der Waals surface area contributed by atoms with Gasteiger partial charge in [-0.15, -0.1) is 0 Å². The Bertz CT molecular complexity index is 587. The third-order valence-corrected chi connectivity index (χ3v) is 3.13. The van der Waals surface area contributed by atoms with Crippen molar-refractivity contribution in [3.8, 4) is 0 Å². The maximum absolute atomic E-state index is 12.1. The molecule has 1 aromatic carbocycles. The van der Waals surface area contributed by atoms with E-state index >= 15 is 0 Å². The van der Waals surface area contributed by atoms with Crippen LogP contribution in [0.25, 0.3) is 0 Å². The number of ketones is 1. The molecule has 92 valence electrons. The van der Waals surface area contributed by atoms with E-state index in [0.717, 1.165) is 11.1 Å². The van der Waals surface area contributed by atoms with Crippen LogP contribution in [0.1, 0.15) is 32.6 Å². The van der Waals surface area contributed by atoms with E-state index < -0.39 is 0 Å². The molecular weight excluding hydrogens is 222 g/mol. The number of pyridine rings is 1. The fourth-order valence-corrected chi connectivity index (χ4v) is 1.91. The largest absolute Gasteiger partial charge is 0.294 e. The average Bonchev–Trinajstić information content (AvgIpc) is 2.34. The van der Waals surface area contributed by atoms with Gasteiger partial charge in [0.25, 0.3) is 0 Å². The molecule has 0 unspecified atom stereocenters. The summed E-state index contributed by atoms with van der Waals surface area (Å²) in [5, 5.41) is 0. The molecule has 1 aromatic heterocycles. The first-order valence-corrected chi connectivity index (χ1v) is 6.07. The summed E-state index contributed by atoms with van der Waals surface area (Å²) in [5.41, 5.74) is 5.24. The highest BCUT2D eigenvalue weighted by Gasteiger charge is 2.08. The molecule has 0 aliphatic carbocycles. The van der Waals surface area contributed by atoms with E-state index in [2.05, 4.69) is 31.0 Å². The predicted octanol–water partition coefficient (Wildman–Crippen LogP) is 3.43. The van der Waals surface area contributed by atoms with E-state index in [4.69, 9.17) is 0 Å². The molecule has 2 aromatic rings. The lowest BCUT2D eigenvalue weighted by Crippen LogP contribution is -2.04. The van der Waals surface area contributed by atoms with Crippen LogP contribution in [0.5, 0.6) is 0 Å². The van der Waals surface area contributed by atoms with Crippen LogP contribution in [-0.4, -0.2) is 10.8 Å². The van der Waals surface area contributed by atoms with E-state index in [9.17, 15) is 4.79 Å². The van der Waals surface area contributed by atoms with Gasteiger partial charge in [-0.1, -0.05) is 18.2 Å². The number of hydrogen-bond acceptors (Lipinski definition) is 2. The normalized spacial score (nSPS) is 10.4. The van der Waals surface area contributed by atoms with Crippen LogP contribution < -0.4 is 0 Å². The lowest BCUT2D eigenvalue weighted by atomic mass is 10.00. The van der Waals surface area contributed by atoms with Gasteiger partial charge in [-0.2, -0.15) is 0 Å². The minimum atomic E-state index is 0.120. The van der Waals surface area contributed by atoms with E-state index in [1.54, 1.807) is 12.4 Å². The Morgan fingerprint density at radius 1 is 1.06 bits per heavy atom. The third-order valence-electron chi connectivity index (χ3n) is 3.13. The minimum absolute atomic E-state index is 0.120. The Hall–Kier alpha value is -1.96. The molecule has 0 fully saturated rings. The first-order chi connectivity index (χ1) is 8.56. The van der Waals surface area contributed by atoms with Crippen molar-refractivity contribution in [1.29, 1.82) is 0 Å². The number of nitrogens with zero attached hydrogens (tertiary/aromatic N) is 1. The number of benzene rings is 1. The van der Waals surface area contributed by atoms with Crippen molar-refractivity contribution in [2.24, 2.45) is 0 Å². The fourth-order valence-electron chi connectivity index (χ4n) is 1.91. The highest BCUT2D eigenvalue weighted by Crippen LogP contribution is 2.13. The maximum atomic E-state index is 12.1. The van der Waals surface area contributed by atoms with Crippen molar-refractivity contribution in [2.75, 3.05) is 0 Å². The molecule has 0 atom stereocenters. The van der Waals surface area contributed by atoms with E-state index in [1.807, 2.05) is 19.1 Å². The number of aromatic nitrogens is 1. The molecule has 0 radical (unpaired) electrons. The van der Waals surface area contributed by atoms with Gasteiger partial charge in [-0.25, -0.2) is 0 Å². The van der Waals surface area contributed by atoms with Gasteiger partial charge >= 0.3 is 0 Å². The summed E-state index contributed by atoms with van der Waals surface area (Å²) in [7, 11) is 0. The molecule has 18 heavy (non-hydrogen) atoms. The molecule has 0 N–H and O–H groups in total. The first-order valence-electron chi connectivity index (χ1n) is 6.07. The zero-order valence-electron chi connectivity index (χ0n) is 11.0. The van der Waals surface area contributed by atoms with Gasteiger partial charge in [0.15, 0.2) is 5.78 Å². The molecule has 0 saturated carbocycles. The molecule has 0 amide bonds. The Labute approximate surface area is 108 Å². The molecule has 1 heterocycles. The van der Waals surface area contributed by atoms with Gasteiger partial charge in [0.1, 0.15) is 0 Å². The van der Waals surface area contributed by atoms with Crippen molar-refractivity contribution in [2.45, 2.75) is 27.2 Å². The van der Waals surface area contributed by atoms with Crippen LogP contribution in [-0.2, 0) is 6.42 Å². The Morgan fingerprint density at radius 3 is 2.50 bits per heavy atom. The van der Waals surface area contributed by atoms with Crippen molar-refractivity contribution < 1.29 is 4.79 Å². The smallest absolute Gasteiger partial charge is 0.168 e. The average molecular weight is 239 g/mol. The molecule has 2 heteroatoms. The monoisotopic (exact) mass is 239 g/mol. The number of rotatable bonds is 3. The molecule has 0 aliphatic rings. The van der Waals surface area contributed by atoms with Crippen molar-refractivity contribution in [1.82, 2.24) is 4.98 Å². The molecule has 0 spiro atoms. The number of Topliss-reactive ketones (excluding diaryl/α,β-unsaturated/α-hetero) is 1. The summed E-state index contributed by atoms with van der Waals surface area (Å²) in [6.45, 7) is 6.09. The number of carbonyl (C=O) groups excluding carboxylic acids is 1. The molecule has 2 nitrogen and oxygen atoms in total. The number of aryl methyl sites for hydroxylation is 3. The van der Waals surface area contributed by atoms with Crippen LogP contribution in [0, 0.1) is 20.8 Å². The maximum Gasteiger partial charge on any atom is 0.168 e. The SMILES string of the molecule is Cc1cncc(C(=O)Cc2ccc(C)c(C)c2)c1. The van der Waals surface area contributed by atoms with Crippen molar-refractivity contribution >= 4 is 5.78 Å². The zero-order chi connectivity index (χ0) is 13.1. The van der Waals surface area contributed by atoms with E-state index in [0.29, 0.717) is 12.0 Å². The van der Waals surface area contributed by atoms with Gasteiger partial charge in [-0.3, -0.25) is 9.78 Å². The lowest BCUT2D eigenvalue weighted by molar-refractivity contribution is 0.0992. The van der Waals surface area contributed by atoms with Gasteiger partial charge in [0, 0.05) is 24.4 Å². The summed E-state index contributed by atoms with van der Waals surface area (Å²) in [6, 6.07) is 8.04. The molecule has 0 aliphatic heterocycles. The predicted molar refractivity (Wildman–Crippen MR) is 72.9 cm³/mol. The Morgan fingerprint density at radius 2 is 1.83 bits per heavy atom. The standard InChI is InChI=1S/C16H17NO/c1-11-6-15(10-17-9-11)16(18)8-14-5-4-12(2)13(3)7-14/h4-7,9-10H,8H2,1-3H3. The molecule has 2 rings (SSSR count). The first kappa shape index (κ1) is 12.5. The minimum Gasteiger partial charge on any atom is -0.294 e. The summed E-state index contributed by atoms with van der Waals surface area (Å²) >= 11 is 0. The van der Waals surface area contributed by atoms with Crippen LogP contribution in [0.15, 0.2) is 36.7 Å². The molecular formula is C16H17NO. The molecule has 0 saturated heterocycles. The van der Waals surface area contributed by atoms with E-state index in [1.165, 1.54) is 11.1 Å². The van der Waals surface area contributed by atoms with Gasteiger partial charge in [0.05, 0.1) is 0 Å². The fraction of sp³-hybridized carbons (Fsp3) is 0.250. The second-order valence-electron chi connectivity index (χ2n) is 4.77. The lowest BCUT2D eigenvalue weighted by Gasteiger charge is -2.05. The summed E-state index contributed by atoms with van der Waals surface area (Å²) < 4.78 is 0. The molecule has 0 bridgehead atoms. The summed E-state index contributed by atoms with van der Waals surface area (Å²) in [4.78, 5) is 16.2. The third kappa shape index (κ3) is 2.83. The summed E-state index contributed by atoms with van der Waals surface area (Å²) in [5.74, 6) is 0.120. The Kier molecular flexibility index (Phi) is 3.56. The van der Waals surface area contributed by atoms with Gasteiger partial charge < -0.3 is 0 Å². The van der Waals surface area contributed by atoms with Crippen molar-refractivity contribution in [3.05, 3.63) is 64.5 Å². The van der Waals surface area contributed by atoms with Crippen LogP contribution in [0.4, 0.5) is 0 Å². The van der Waals surface area contributed by atoms with E-state index in [-0.39, 0.29) is 5.78 Å². The van der Waals surface area contributed by atoms with Crippen LogP contribution in [0.3, 0.4) is 0 Å². The highest BCUT2D eigenvalue weighted by molar-refractivity contribution is 5.97. The second kappa shape index (κ2) is 5.13. The van der Waals surface area contributed by atoms with Crippen LogP contribution >= 0.6 is 0 Å². The second-order valence-corrected chi connectivity index (χ2v) is 4.77. The number of carbonyl (C=O) groups is 1. The van der Waals surface area contributed by atoms with Gasteiger partial charge in [-0.05, 0) is 49.1 Å². The van der Waals surface area contributed by atoms with Crippen LogP contribution in [0.2, 0.25) is 0 Å². The quantitative estimate of drug-likeness (QED) is 0.768.